The van der Waals surface area contributed by atoms with Gasteiger partial charge in [0.1, 0.15) is 6.10 Å². The van der Waals surface area contributed by atoms with Crippen LogP contribution >= 0.6 is 0 Å². The summed E-state index contributed by atoms with van der Waals surface area (Å²) in [6.45, 7) is 3.23. The first-order valence-electron chi connectivity index (χ1n) is 7.38. The highest BCUT2D eigenvalue weighted by molar-refractivity contribution is 5.70. The van der Waals surface area contributed by atoms with E-state index in [1.54, 1.807) is 0 Å². The number of hydrogen-bond donors (Lipinski definition) is 1. The topological polar surface area (TPSA) is 47.6 Å². The van der Waals surface area contributed by atoms with Gasteiger partial charge in [0.25, 0.3) is 0 Å². The number of ether oxygens (including phenoxy) is 2. The van der Waals surface area contributed by atoms with Crippen molar-refractivity contribution in [3.63, 3.8) is 0 Å². The molecule has 1 aromatic carbocycles. The lowest BCUT2D eigenvalue weighted by Gasteiger charge is -2.16. The zero-order valence-corrected chi connectivity index (χ0v) is 12.0. The predicted molar refractivity (Wildman–Crippen MR) is 77.4 cm³/mol. The SMILES string of the molecule is CCCCC[C@@H]1OC(=O)N[C@H]1COCc1ccccc1. The number of hydrogen-bond acceptors (Lipinski definition) is 3. The number of rotatable bonds is 8. The largest absolute Gasteiger partial charge is 0.444 e. The van der Waals surface area contributed by atoms with Gasteiger partial charge in [0.05, 0.1) is 19.3 Å². The van der Waals surface area contributed by atoms with Crippen LogP contribution in [0.4, 0.5) is 4.79 Å². The molecule has 0 unspecified atom stereocenters. The molecule has 1 aromatic rings. The molecular weight excluding hydrogens is 254 g/mol. The van der Waals surface area contributed by atoms with E-state index in [4.69, 9.17) is 9.47 Å². The predicted octanol–water partition coefficient (Wildman–Crippen LogP) is 3.26. The number of alkyl carbamates (subject to hydrolysis) is 1. The Morgan fingerprint density at radius 3 is 2.80 bits per heavy atom. The number of nitrogens with one attached hydrogen (secondary N) is 1. The number of carbonyl (C=O) groups excluding carboxylic acids is 1. The van der Waals surface area contributed by atoms with E-state index in [1.807, 2.05) is 30.3 Å². The Bertz CT molecular complexity index is 407. The molecular formula is C16H23NO3. The Kier molecular flexibility index (Phi) is 5.87. The van der Waals surface area contributed by atoms with E-state index in [9.17, 15) is 4.79 Å². The third kappa shape index (κ3) is 4.53. The maximum absolute atomic E-state index is 11.3. The molecule has 4 nitrogen and oxygen atoms in total. The highest BCUT2D eigenvalue weighted by atomic mass is 16.6. The third-order valence-electron chi connectivity index (χ3n) is 3.51. The molecule has 1 saturated heterocycles. The van der Waals surface area contributed by atoms with Crippen molar-refractivity contribution in [2.45, 2.75) is 51.4 Å². The Morgan fingerprint density at radius 2 is 2.05 bits per heavy atom. The van der Waals surface area contributed by atoms with Gasteiger partial charge in [-0.05, 0) is 18.4 Å². The summed E-state index contributed by atoms with van der Waals surface area (Å²) in [6, 6.07) is 10.0. The second kappa shape index (κ2) is 7.90. The minimum absolute atomic E-state index is 0.0249. The van der Waals surface area contributed by atoms with Crippen LogP contribution in [-0.4, -0.2) is 24.8 Å². The minimum Gasteiger partial charge on any atom is -0.444 e. The highest BCUT2D eigenvalue weighted by Gasteiger charge is 2.33. The lowest BCUT2D eigenvalue weighted by molar-refractivity contribution is 0.0678. The second-order valence-electron chi connectivity index (χ2n) is 5.19. The van der Waals surface area contributed by atoms with E-state index < -0.39 is 0 Å². The molecule has 0 radical (unpaired) electrons. The number of unbranched alkanes of at least 4 members (excludes halogenated alkanes) is 2. The molecule has 1 aliphatic rings. The summed E-state index contributed by atoms with van der Waals surface area (Å²) in [4.78, 5) is 11.3. The summed E-state index contributed by atoms with van der Waals surface area (Å²) in [5.74, 6) is 0. The first-order valence-corrected chi connectivity index (χ1v) is 7.38. The van der Waals surface area contributed by atoms with Crippen molar-refractivity contribution in [3.05, 3.63) is 35.9 Å². The molecule has 1 N–H and O–H groups in total. The molecule has 2 atom stereocenters. The zero-order chi connectivity index (χ0) is 14.2. The van der Waals surface area contributed by atoms with E-state index in [0.29, 0.717) is 13.2 Å². The van der Waals surface area contributed by atoms with Gasteiger partial charge in [0.2, 0.25) is 0 Å². The van der Waals surface area contributed by atoms with E-state index in [0.717, 1.165) is 18.4 Å². The third-order valence-corrected chi connectivity index (χ3v) is 3.51. The molecule has 1 fully saturated rings. The van der Waals surface area contributed by atoms with Crippen LogP contribution in [0.25, 0.3) is 0 Å². The van der Waals surface area contributed by atoms with Crippen molar-refractivity contribution in [2.75, 3.05) is 6.61 Å². The molecule has 0 aromatic heterocycles. The van der Waals surface area contributed by atoms with Gasteiger partial charge in [0, 0.05) is 0 Å². The van der Waals surface area contributed by atoms with Crippen LogP contribution in [0.3, 0.4) is 0 Å². The highest BCUT2D eigenvalue weighted by Crippen LogP contribution is 2.17. The van der Waals surface area contributed by atoms with Gasteiger partial charge in [-0.3, -0.25) is 0 Å². The Hall–Kier alpha value is -1.55. The number of carbonyl (C=O) groups is 1. The fraction of sp³-hybridized carbons (Fsp3) is 0.562. The van der Waals surface area contributed by atoms with Gasteiger partial charge >= 0.3 is 6.09 Å². The van der Waals surface area contributed by atoms with E-state index >= 15 is 0 Å². The lowest BCUT2D eigenvalue weighted by atomic mass is 10.1. The molecule has 20 heavy (non-hydrogen) atoms. The molecule has 0 bridgehead atoms. The van der Waals surface area contributed by atoms with Crippen molar-refractivity contribution in [2.24, 2.45) is 0 Å². The van der Waals surface area contributed by atoms with Crippen LogP contribution in [0.5, 0.6) is 0 Å². The molecule has 4 heteroatoms. The number of cyclic esters (lactones) is 1. The summed E-state index contributed by atoms with van der Waals surface area (Å²) < 4.78 is 11.0. The van der Waals surface area contributed by atoms with Gasteiger partial charge < -0.3 is 14.8 Å². The maximum atomic E-state index is 11.3. The van der Waals surface area contributed by atoms with E-state index in [-0.39, 0.29) is 18.2 Å². The summed E-state index contributed by atoms with van der Waals surface area (Å²) in [5.41, 5.74) is 1.14. The summed E-state index contributed by atoms with van der Waals surface area (Å²) >= 11 is 0. The van der Waals surface area contributed by atoms with Crippen LogP contribution in [0.15, 0.2) is 30.3 Å². The standard InChI is InChI=1S/C16H23NO3/c1-2-3-5-10-15-14(17-16(18)20-15)12-19-11-13-8-6-4-7-9-13/h4,6-9,14-15H,2-3,5,10-12H2,1H3,(H,17,18)/t14-,15-/m0/s1. The molecule has 1 heterocycles. The number of amides is 1. The van der Waals surface area contributed by atoms with Crippen molar-refractivity contribution >= 4 is 6.09 Å². The van der Waals surface area contributed by atoms with Crippen LogP contribution in [-0.2, 0) is 16.1 Å². The van der Waals surface area contributed by atoms with Crippen LogP contribution in [0, 0.1) is 0 Å². The quantitative estimate of drug-likeness (QED) is 0.742. The van der Waals surface area contributed by atoms with Crippen molar-refractivity contribution in [3.8, 4) is 0 Å². The lowest BCUT2D eigenvalue weighted by Crippen LogP contribution is -2.36. The van der Waals surface area contributed by atoms with Crippen LogP contribution < -0.4 is 5.32 Å². The van der Waals surface area contributed by atoms with Gasteiger partial charge in [0.15, 0.2) is 0 Å². The second-order valence-corrected chi connectivity index (χ2v) is 5.19. The van der Waals surface area contributed by atoms with Crippen LogP contribution in [0.1, 0.15) is 38.2 Å². The molecule has 1 aliphatic heterocycles. The molecule has 0 saturated carbocycles. The van der Waals surface area contributed by atoms with Crippen LogP contribution in [0.2, 0.25) is 0 Å². The Balaban J connectivity index is 1.73. The van der Waals surface area contributed by atoms with E-state index in [1.165, 1.54) is 12.8 Å². The summed E-state index contributed by atoms with van der Waals surface area (Å²) in [7, 11) is 0. The summed E-state index contributed by atoms with van der Waals surface area (Å²) in [5, 5.41) is 2.83. The van der Waals surface area contributed by atoms with Crippen molar-refractivity contribution in [1.29, 1.82) is 0 Å². The monoisotopic (exact) mass is 277 g/mol. The van der Waals surface area contributed by atoms with E-state index in [2.05, 4.69) is 12.2 Å². The maximum Gasteiger partial charge on any atom is 0.407 e. The Morgan fingerprint density at radius 1 is 1.25 bits per heavy atom. The van der Waals surface area contributed by atoms with Gasteiger partial charge in [-0.25, -0.2) is 4.79 Å². The molecule has 1 amide bonds. The van der Waals surface area contributed by atoms with Crippen molar-refractivity contribution < 1.29 is 14.3 Å². The average molecular weight is 277 g/mol. The number of benzene rings is 1. The average Bonchev–Trinajstić information content (AvgIpc) is 2.81. The summed E-state index contributed by atoms with van der Waals surface area (Å²) in [6.07, 6.45) is 3.97. The van der Waals surface area contributed by atoms with Gasteiger partial charge in [-0.2, -0.15) is 0 Å². The fourth-order valence-corrected chi connectivity index (χ4v) is 2.38. The minimum atomic E-state index is -0.320. The van der Waals surface area contributed by atoms with Gasteiger partial charge in [-0.15, -0.1) is 0 Å². The first kappa shape index (κ1) is 14.9. The molecule has 0 spiro atoms. The zero-order valence-electron chi connectivity index (χ0n) is 12.0. The smallest absolute Gasteiger partial charge is 0.407 e. The Labute approximate surface area is 120 Å². The molecule has 110 valence electrons. The normalized spacial score (nSPS) is 21.6. The first-order chi connectivity index (χ1) is 9.79. The van der Waals surface area contributed by atoms with Gasteiger partial charge in [-0.1, -0.05) is 50.1 Å². The molecule has 2 rings (SSSR count). The molecule has 0 aliphatic carbocycles. The fourth-order valence-electron chi connectivity index (χ4n) is 2.38. The van der Waals surface area contributed by atoms with Crippen molar-refractivity contribution in [1.82, 2.24) is 5.32 Å².